The van der Waals surface area contributed by atoms with Crippen LogP contribution in [0.15, 0.2) is 5.38 Å². The van der Waals surface area contributed by atoms with E-state index in [9.17, 15) is 4.79 Å². The number of rotatable bonds is 5. The van der Waals surface area contributed by atoms with Crippen molar-refractivity contribution in [2.45, 2.75) is 39.2 Å². The van der Waals surface area contributed by atoms with Crippen molar-refractivity contribution in [3.8, 4) is 0 Å². The Morgan fingerprint density at radius 3 is 2.80 bits per heavy atom. The fourth-order valence-corrected chi connectivity index (χ4v) is 3.25. The molecule has 1 heterocycles. The summed E-state index contributed by atoms with van der Waals surface area (Å²) in [4.78, 5) is 12.0. The quantitative estimate of drug-likeness (QED) is 0.646. The molecule has 2 rings (SSSR count). The Hall–Kier alpha value is -1.14. The number of nitrogens with one attached hydrogen (secondary N) is 2. The van der Waals surface area contributed by atoms with E-state index in [-0.39, 0.29) is 5.97 Å². The summed E-state index contributed by atoms with van der Waals surface area (Å²) in [5.41, 5.74) is 1.64. The molecular formula is C14H20N2O2S2. The molecule has 1 aromatic rings. The monoisotopic (exact) mass is 312 g/mol. The van der Waals surface area contributed by atoms with Gasteiger partial charge in [-0.2, -0.15) is 0 Å². The molecule has 110 valence electrons. The Morgan fingerprint density at radius 1 is 1.55 bits per heavy atom. The van der Waals surface area contributed by atoms with E-state index in [2.05, 4.69) is 24.5 Å². The highest BCUT2D eigenvalue weighted by atomic mass is 32.1. The van der Waals surface area contributed by atoms with Crippen LogP contribution in [0.2, 0.25) is 0 Å². The van der Waals surface area contributed by atoms with Gasteiger partial charge in [-0.3, -0.25) is 0 Å². The largest absolute Gasteiger partial charge is 0.465 e. The third kappa shape index (κ3) is 3.93. The summed E-state index contributed by atoms with van der Waals surface area (Å²) in [5.74, 6) is 0.177. The summed E-state index contributed by atoms with van der Waals surface area (Å²) in [6.07, 6.45) is 3.18. The van der Waals surface area contributed by atoms with Crippen LogP contribution in [-0.4, -0.2) is 24.2 Å². The van der Waals surface area contributed by atoms with Crippen molar-refractivity contribution in [1.82, 2.24) is 5.32 Å². The normalized spacial score (nSPS) is 14.2. The number of hydrogen-bond acceptors (Lipinski definition) is 4. The van der Waals surface area contributed by atoms with E-state index >= 15 is 0 Å². The molecule has 0 radical (unpaired) electrons. The Morgan fingerprint density at radius 2 is 2.25 bits per heavy atom. The van der Waals surface area contributed by atoms with E-state index in [1.165, 1.54) is 18.4 Å². The zero-order chi connectivity index (χ0) is 14.7. The van der Waals surface area contributed by atoms with Gasteiger partial charge in [-0.25, -0.2) is 4.79 Å². The minimum atomic E-state index is -0.307. The number of methoxy groups -OCH3 is 1. The minimum absolute atomic E-state index is 0.307. The smallest absolute Gasteiger partial charge is 0.341 e. The van der Waals surface area contributed by atoms with E-state index in [1.807, 2.05) is 5.38 Å². The Balaban J connectivity index is 2.15. The van der Waals surface area contributed by atoms with Crippen LogP contribution < -0.4 is 10.6 Å². The zero-order valence-corrected chi connectivity index (χ0v) is 13.6. The molecule has 0 spiro atoms. The molecule has 1 aliphatic carbocycles. The molecule has 0 aliphatic heterocycles. The highest BCUT2D eigenvalue weighted by molar-refractivity contribution is 7.80. The molecule has 20 heavy (non-hydrogen) atoms. The standard InChI is InChI=1S/C14H20N2O2S2/c1-8(2)6-9-7-20-12(11(9)13(17)18-3)16-14(19)15-10-4-5-10/h7-8,10H,4-6H2,1-3H3,(H2,15,16,19). The maximum atomic E-state index is 12.0. The molecule has 0 aromatic carbocycles. The lowest BCUT2D eigenvalue weighted by Crippen LogP contribution is -2.30. The predicted molar refractivity (Wildman–Crippen MR) is 86.6 cm³/mol. The first-order valence-electron chi connectivity index (χ1n) is 6.77. The lowest BCUT2D eigenvalue weighted by molar-refractivity contribution is 0.0601. The van der Waals surface area contributed by atoms with Gasteiger partial charge in [-0.05, 0) is 48.3 Å². The molecule has 0 unspecified atom stereocenters. The highest BCUT2D eigenvalue weighted by Crippen LogP contribution is 2.31. The van der Waals surface area contributed by atoms with Crippen LogP contribution in [0.3, 0.4) is 0 Å². The third-order valence-electron chi connectivity index (χ3n) is 3.02. The number of thiophene rings is 1. The molecular weight excluding hydrogens is 292 g/mol. The molecule has 1 aliphatic rings. The summed E-state index contributed by atoms with van der Waals surface area (Å²) >= 11 is 6.76. The van der Waals surface area contributed by atoms with E-state index in [4.69, 9.17) is 17.0 Å². The van der Waals surface area contributed by atoms with Crippen LogP contribution in [0.5, 0.6) is 0 Å². The topological polar surface area (TPSA) is 50.4 Å². The minimum Gasteiger partial charge on any atom is -0.465 e. The first kappa shape index (κ1) is 15.3. The van der Waals surface area contributed by atoms with Crippen molar-refractivity contribution in [2.24, 2.45) is 5.92 Å². The number of carbonyl (C=O) groups excluding carboxylic acids is 1. The second kappa shape index (κ2) is 6.54. The Bertz CT molecular complexity index is 507. The molecule has 0 atom stereocenters. The van der Waals surface area contributed by atoms with Gasteiger partial charge in [0.05, 0.1) is 12.7 Å². The molecule has 2 N–H and O–H groups in total. The van der Waals surface area contributed by atoms with Crippen molar-refractivity contribution >= 4 is 39.6 Å². The van der Waals surface area contributed by atoms with Crippen molar-refractivity contribution in [3.63, 3.8) is 0 Å². The number of thiocarbonyl (C=S) groups is 1. The average molecular weight is 312 g/mol. The van der Waals surface area contributed by atoms with Crippen molar-refractivity contribution in [3.05, 3.63) is 16.5 Å². The number of anilines is 1. The Labute approximate surface area is 128 Å². The SMILES string of the molecule is COC(=O)c1c(CC(C)C)csc1NC(=S)NC1CC1. The molecule has 1 saturated carbocycles. The summed E-state index contributed by atoms with van der Waals surface area (Å²) in [6.45, 7) is 4.26. The lowest BCUT2D eigenvalue weighted by atomic mass is 10.0. The van der Waals surface area contributed by atoms with Crippen LogP contribution in [0, 0.1) is 5.92 Å². The van der Waals surface area contributed by atoms with Gasteiger partial charge < -0.3 is 15.4 Å². The van der Waals surface area contributed by atoms with Crippen LogP contribution in [0.25, 0.3) is 0 Å². The van der Waals surface area contributed by atoms with E-state index < -0.39 is 0 Å². The maximum Gasteiger partial charge on any atom is 0.341 e. The van der Waals surface area contributed by atoms with Crippen LogP contribution in [0.1, 0.15) is 42.6 Å². The first-order valence-corrected chi connectivity index (χ1v) is 8.06. The first-order chi connectivity index (χ1) is 9.51. The molecule has 4 nitrogen and oxygen atoms in total. The second-order valence-corrected chi connectivity index (χ2v) is 6.72. The van der Waals surface area contributed by atoms with Gasteiger partial charge in [0.2, 0.25) is 0 Å². The van der Waals surface area contributed by atoms with Gasteiger partial charge in [-0.1, -0.05) is 13.8 Å². The van der Waals surface area contributed by atoms with Gasteiger partial charge in [0, 0.05) is 6.04 Å². The maximum absolute atomic E-state index is 12.0. The van der Waals surface area contributed by atoms with Gasteiger partial charge in [0.1, 0.15) is 5.00 Å². The predicted octanol–water partition coefficient (Wildman–Crippen LogP) is 3.18. The molecule has 1 aromatic heterocycles. The molecule has 1 fully saturated rings. The second-order valence-electron chi connectivity index (χ2n) is 5.43. The third-order valence-corrected chi connectivity index (χ3v) is 4.19. The average Bonchev–Trinajstić information content (AvgIpc) is 3.10. The van der Waals surface area contributed by atoms with Crippen LogP contribution in [-0.2, 0) is 11.2 Å². The fraction of sp³-hybridized carbons (Fsp3) is 0.571. The summed E-state index contributed by atoms with van der Waals surface area (Å²) in [6, 6.07) is 0.492. The summed E-state index contributed by atoms with van der Waals surface area (Å²) in [7, 11) is 1.41. The number of hydrogen-bond donors (Lipinski definition) is 2. The molecule has 0 amide bonds. The molecule has 0 bridgehead atoms. The lowest BCUT2D eigenvalue weighted by Gasteiger charge is -2.11. The van der Waals surface area contributed by atoms with Gasteiger partial charge in [0.15, 0.2) is 5.11 Å². The highest BCUT2D eigenvalue weighted by Gasteiger charge is 2.24. The van der Waals surface area contributed by atoms with Crippen LogP contribution in [0.4, 0.5) is 5.00 Å². The number of ether oxygens (including phenoxy) is 1. The van der Waals surface area contributed by atoms with Crippen molar-refractivity contribution in [2.75, 3.05) is 12.4 Å². The van der Waals surface area contributed by atoms with E-state index in [0.29, 0.717) is 22.6 Å². The summed E-state index contributed by atoms with van der Waals surface area (Å²) < 4.78 is 4.90. The summed E-state index contributed by atoms with van der Waals surface area (Å²) in [5, 5.41) is 9.70. The van der Waals surface area contributed by atoms with E-state index in [0.717, 1.165) is 29.8 Å². The van der Waals surface area contributed by atoms with E-state index in [1.54, 1.807) is 0 Å². The van der Waals surface area contributed by atoms with Gasteiger partial charge >= 0.3 is 5.97 Å². The Kier molecular flexibility index (Phi) is 4.99. The fourth-order valence-electron chi connectivity index (χ4n) is 1.95. The van der Waals surface area contributed by atoms with Crippen LogP contribution >= 0.6 is 23.6 Å². The number of esters is 1. The van der Waals surface area contributed by atoms with Gasteiger partial charge in [-0.15, -0.1) is 11.3 Å². The van der Waals surface area contributed by atoms with Crippen molar-refractivity contribution < 1.29 is 9.53 Å². The molecule has 0 saturated heterocycles. The molecule has 6 heteroatoms. The zero-order valence-electron chi connectivity index (χ0n) is 12.0. The van der Waals surface area contributed by atoms with Gasteiger partial charge in [0.25, 0.3) is 0 Å². The van der Waals surface area contributed by atoms with Crippen molar-refractivity contribution in [1.29, 1.82) is 0 Å². The number of carbonyl (C=O) groups is 1.